The van der Waals surface area contributed by atoms with Gasteiger partial charge in [0.25, 0.3) is 0 Å². The number of rotatable bonds is 0. The van der Waals surface area contributed by atoms with Gasteiger partial charge in [-0.2, -0.15) is 0 Å². The maximum Gasteiger partial charge on any atom is 0.163 e. The van der Waals surface area contributed by atoms with Crippen molar-refractivity contribution < 1.29 is 4.79 Å². The van der Waals surface area contributed by atoms with E-state index in [1.807, 2.05) is 18.2 Å². The first-order chi connectivity index (χ1) is 6.81. The van der Waals surface area contributed by atoms with E-state index in [-0.39, 0.29) is 5.78 Å². The Morgan fingerprint density at radius 3 is 3.00 bits per heavy atom. The minimum Gasteiger partial charge on any atom is -0.320 e. The van der Waals surface area contributed by atoms with E-state index in [1.165, 1.54) is 0 Å². The smallest absolute Gasteiger partial charge is 0.163 e. The quantitative estimate of drug-likeness (QED) is 0.615. The van der Waals surface area contributed by atoms with Crippen LogP contribution in [0.1, 0.15) is 27.9 Å². The van der Waals surface area contributed by atoms with Crippen molar-refractivity contribution in [2.24, 2.45) is 5.73 Å². The van der Waals surface area contributed by atoms with Gasteiger partial charge < -0.3 is 5.73 Å². The topological polar surface area (TPSA) is 43.1 Å². The molecular formula is C12H11NO. The van der Waals surface area contributed by atoms with Gasteiger partial charge in [0.15, 0.2) is 5.78 Å². The second kappa shape index (κ2) is 3.65. The van der Waals surface area contributed by atoms with Gasteiger partial charge in [0.1, 0.15) is 0 Å². The van der Waals surface area contributed by atoms with Crippen molar-refractivity contribution in [3.05, 3.63) is 34.9 Å². The van der Waals surface area contributed by atoms with Gasteiger partial charge in [-0.15, -0.1) is 0 Å². The van der Waals surface area contributed by atoms with Crippen molar-refractivity contribution >= 4 is 5.78 Å². The molecule has 0 bridgehead atoms. The highest BCUT2D eigenvalue weighted by Crippen LogP contribution is 2.22. The highest BCUT2D eigenvalue weighted by Gasteiger charge is 2.18. The van der Waals surface area contributed by atoms with Crippen LogP contribution in [-0.2, 0) is 6.42 Å². The van der Waals surface area contributed by atoms with Gasteiger partial charge in [0.2, 0.25) is 0 Å². The van der Waals surface area contributed by atoms with Crippen molar-refractivity contribution in [3.8, 4) is 11.8 Å². The minimum absolute atomic E-state index is 0.248. The first-order valence-electron chi connectivity index (χ1n) is 4.66. The average molecular weight is 185 g/mol. The van der Waals surface area contributed by atoms with Gasteiger partial charge in [0.05, 0.1) is 6.54 Å². The Balaban J connectivity index is 2.37. The highest BCUT2D eigenvalue weighted by molar-refractivity contribution is 6.00. The second-order valence-corrected chi connectivity index (χ2v) is 3.30. The van der Waals surface area contributed by atoms with Crippen LogP contribution in [0.3, 0.4) is 0 Å². The molecule has 0 radical (unpaired) electrons. The van der Waals surface area contributed by atoms with E-state index >= 15 is 0 Å². The summed E-state index contributed by atoms with van der Waals surface area (Å²) in [7, 11) is 0. The summed E-state index contributed by atoms with van der Waals surface area (Å²) in [5.74, 6) is 6.01. The van der Waals surface area contributed by atoms with E-state index in [0.717, 1.165) is 23.1 Å². The average Bonchev–Trinajstić information content (AvgIpc) is 2.57. The summed E-state index contributed by atoms with van der Waals surface area (Å²) < 4.78 is 0. The van der Waals surface area contributed by atoms with Crippen LogP contribution in [-0.4, -0.2) is 12.3 Å². The van der Waals surface area contributed by atoms with E-state index in [1.54, 1.807) is 0 Å². The summed E-state index contributed by atoms with van der Waals surface area (Å²) in [5, 5.41) is 0. The number of hydrogen-bond acceptors (Lipinski definition) is 2. The van der Waals surface area contributed by atoms with Gasteiger partial charge in [-0.05, 0) is 30.2 Å². The Morgan fingerprint density at radius 1 is 1.36 bits per heavy atom. The fraction of sp³-hybridized carbons (Fsp3) is 0.250. The molecule has 14 heavy (non-hydrogen) atoms. The molecule has 0 saturated carbocycles. The molecule has 0 atom stereocenters. The number of ketones is 1. The lowest BCUT2D eigenvalue weighted by Gasteiger charge is -1.97. The normalized spacial score (nSPS) is 13.4. The lowest BCUT2D eigenvalue weighted by Crippen LogP contribution is -1.94. The molecule has 1 aromatic carbocycles. The van der Waals surface area contributed by atoms with Crippen molar-refractivity contribution in [3.63, 3.8) is 0 Å². The largest absolute Gasteiger partial charge is 0.320 e. The van der Waals surface area contributed by atoms with E-state index in [4.69, 9.17) is 5.73 Å². The summed E-state index contributed by atoms with van der Waals surface area (Å²) >= 11 is 0. The maximum atomic E-state index is 11.3. The van der Waals surface area contributed by atoms with Gasteiger partial charge in [-0.3, -0.25) is 4.79 Å². The van der Waals surface area contributed by atoms with E-state index in [9.17, 15) is 4.79 Å². The Kier molecular flexibility index (Phi) is 2.34. The Bertz CT molecular complexity index is 437. The predicted octanol–water partition coefficient (Wildman–Crippen LogP) is 1.13. The third-order valence-electron chi connectivity index (χ3n) is 2.36. The molecule has 0 saturated heterocycles. The Hall–Kier alpha value is -1.59. The van der Waals surface area contributed by atoms with Gasteiger partial charge in [-0.1, -0.05) is 11.8 Å². The zero-order valence-electron chi connectivity index (χ0n) is 7.84. The van der Waals surface area contributed by atoms with Crippen LogP contribution in [0.25, 0.3) is 0 Å². The van der Waals surface area contributed by atoms with Gasteiger partial charge in [-0.25, -0.2) is 0 Å². The van der Waals surface area contributed by atoms with Crippen LogP contribution >= 0.6 is 0 Å². The van der Waals surface area contributed by atoms with Gasteiger partial charge in [0, 0.05) is 17.5 Å². The van der Waals surface area contributed by atoms with E-state index < -0.39 is 0 Å². The molecule has 0 aliphatic heterocycles. The third-order valence-corrected chi connectivity index (χ3v) is 2.36. The molecule has 0 aromatic heterocycles. The number of Topliss-reactive ketones (excluding diaryl/α,β-unsaturated/α-hetero) is 1. The standard InChI is InChI=1S/C12H11NO/c13-7-1-2-9-3-5-11-10(8-9)4-6-12(11)14/h3,5,8H,4,6-7,13H2. The summed E-state index contributed by atoms with van der Waals surface area (Å²) in [5.41, 5.74) is 8.22. The lowest BCUT2D eigenvalue weighted by atomic mass is 10.1. The van der Waals surface area contributed by atoms with Crippen molar-refractivity contribution in [1.82, 2.24) is 0 Å². The number of aryl methyl sites for hydroxylation is 1. The summed E-state index contributed by atoms with van der Waals surface area (Å²) in [6.07, 6.45) is 1.50. The number of benzene rings is 1. The molecule has 0 fully saturated rings. The molecule has 2 N–H and O–H groups in total. The van der Waals surface area contributed by atoms with Crippen LogP contribution in [0, 0.1) is 11.8 Å². The molecule has 1 aliphatic rings. The summed E-state index contributed by atoms with van der Waals surface area (Å²) in [6, 6.07) is 5.73. The monoisotopic (exact) mass is 185 g/mol. The molecule has 1 aromatic rings. The van der Waals surface area contributed by atoms with Crippen LogP contribution in [0.15, 0.2) is 18.2 Å². The fourth-order valence-corrected chi connectivity index (χ4v) is 1.69. The van der Waals surface area contributed by atoms with Crippen molar-refractivity contribution in [1.29, 1.82) is 0 Å². The molecule has 0 heterocycles. The zero-order chi connectivity index (χ0) is 9.97. The lowest BCUT2D eigenvalue weighted by molar-refractivity contribution is 0.0994. The Morgan fingerprint density at radius 2 is 2.21 bits per heavy atom. The molecule has 70 valence electrons. The first-order valence-corrected chi connectivity index (χ1v) is 4.66. The molecule has 1 aliphatic carbocycles. The Labute approximate surface area is 83.1 Å². The summed E-state index contributed by atoms with van der Waals surface area (Å²) in [6.45, 7) is 0.371. The number of carbonyl (C=O) groups excluding carboxylic acids is 1. The molecule has 2 heteroatoms. The maximum absolute atomic E-state index is 11.3. The van der Waals surface area contributed by atoms with E-state index in [0.29, 0.717) is 13.0 Å². The fourth-order valence-electron chi connectivity index (χ4n) is 1.69. The number of hydrogen-bond donors (Lipinski definition) is 1. The highest BCUT2D eigenvalue weighted by atomic mass is 16.1. The molecule has 2 rings (SSSR count). The zero-order valence-corrected chi connectivity index (χ0v) is 7.84. The van der Waals surface area contributed by atoms with Crippen LogP contribution < -0.4 is 5.73 Å². The van der Waals surface area contributed by atoms with Gasteiger partial charge >= 0.3 is 0 Å². The molecule has 0 spiro atoms. The van der Waals surface area contributed by atoms with Crippen LogP contribution in [0.2, 0.25) is 0 Å². The SMILES string of the molecule is NCC#Cc1ccc2c(c1)CCC2=O. The first kappa shape index (κ1) is 8.98. The van der Waals surface area contributed by atoms with Crippen molar-refractivity contribution in [2.75, 3.05) is 6.54 Å². The predicted molar refractivity (Wildman–Crippen MR) is 55.0 cm³/mol. The van der Waals surface area contributed by atoms with Crippen LogP contribution in [0.5, 0.6) is 0 Å². The molecule has 0 amide bonds. The number of fused-ring (bicyclic) bond motifs is 1. The van der Waals surface area contributed by atoms with Crippen molar-refractivity contribution in [2.45, 2.75) is 12.8 Å². The number of nitrogens with two attached hydrogens (primary N) is 1. The second-order valence-electron chi connectivity index (χ2n) is 3.30. The van der Waals surface area contributed by atoms with E-state index in [2.05, 4.69) is 11.8 Å². The third kappa shape index (κ3) is 1.55. The molecule has 2 nitrogen and oxygen atoms in total. The molecular weight excluding hydrogens is 174 g/mol. The van der Waals surface area contributed by atoms with Crippen LogP contribution in [0.4, 0.5) is 0 Å². The summed E-state index contributed by atoms with van der Waals surface area (Å²) in [4.78, 5) is 11.3. The number of carbonyl (C=O) groups is 1. The molecule has 0 unspecified atom stereocenters. The minimum atomic E-state index is 0.248.